The lowest BCUT2D eigenvalue weighted by Gasteiger charge is -2.29. The predicted octanol–water partition coefficient (Wildman–Crippen LogP) is 2.07. The summed E-state index contributed by atoms with van der Waals surface area (Å²) in [6.07, 6.45) is 6.46. The van der Waals surface area contributed by atoms with Gasteiger partial charge in [0.2, 0.25) is 5.91 Å². The molecular formula is C15H30N2O2. The van der Waals surface area contributed by atoms with E-state index in [0.29, 0.717) is 18.1 Å². The van der Waals surface area contributed by atoms with Gasteiger partial charge in [-0.1, -0.05) is 27.2 Å². The number of hydrogen-bond acceptors (Lipinski definition) is 3. The van der Waals surface area contributed by atoms with Crippen LogP contribution in [-0.4, -0.2) is 31.7 Å². The number of nitrogens with one attached hydrogen (secondary N) is 1. The fourth-order valence-electron chi connectivity index (χ4n) is 2.88. The summed E-state index contributed by atoms with van der Waals surface area (Å²) in [6, 6.07) is 0.601. The van der Waals surface area contributed by atoms with Crippen LogP contribution in [0.2, 0.25) is 0 Å². The third-order valence-electron chi connectivity index (χ3n) is 4.12. The van der Waals surface area contributed by atoms with Gasteiger partial charge < -0.3 is 15.8 Å². The van der Waals surface area contributed by atoms with Crippen molar-refractivity contribution < 1.29 is 9.53 Å². The monoisotopic (exact) mass is 270 g/mol. The van der Waals surface area contributed by atoms with Crippen molar-refractivity contribution in [2.75, 3.05) is 19.8 Å². The SMILES string of the molecule is CC(C)(C)C1CCCC(NCCOCC(N)=O)CC1. The van der Waals surface area contributed by atoms with E-state index >= 15 is 0 Å². The molecule has 1 saturated carbocycles. The van der Waals surface area contributed by atoms with Crippen LogP contribution in [0.4, 0.5) is 0 Å². The summed E-state index contributed by atoms with van der Waals surface area (Å²) in [5, 5.41) is 3.53. The summed E-state index contributed by atoms with van der Waals surface area (Å²) in [4.78, 5) is 10.5. The Kier molecular flexibility index (Phi) is 6.80. The highest BCUT2D eigenvalue weighted by Crippen LogP contribution is 2.36. The molecule has 0 radical (unpaired) electrons. The maximum Gasteiger partial charge on any atom is 0.243 e. The topological polar surface area (TPSA) is 64.3 Å². The van der Waals surface area contributed by atoms with Crippen molar-refractivity contribution in [2.45, 2.75) is 58.9 Å². The molecule has 0 aromatic heterocycles. The van der Waals surface area contributed by atoms with Crippen LogP contribution in [0.25, 0.3) is 0 Å². The minimum Gasteiger partial charge on any atom is -0.370 e. The third-order valence-corrected chi connectivity index (χ3v) is 4.12. The van der Waals surface area contributed by atoms with Crippen LogP contribution in [0.15, 0.2) is 0 Å². The summed E-state index contributed by atoms with van der Waals surface area (Å²) in [5.74, 6) is 0.438. The van der Waals surface area contributed by atoms with E-state index in [9.17, 15) is 4.79 Å². The molecule has 0 aliphatic heterocycles. The number of primary amides is 1. The van der Waals surface area contributed by atoms with Crippen LogP contribution in [0, 0.1) is 11.3 Å². The van der Waals surface area contributed by atoms with E-state index in [4.69, 9.17) is 10.5 Å². The van der Waals surface area contributed by atoms with Crippen molar-refractivity contribution in [1.82, 2.24) is 5.32 Å². The molecule has 1 aliphatic rings. The molecule has 0 spiro atoms. The van der Waals surface area contributed by atoms with E-state index in [1.165, 1.54) is 32.1 Å². The first-order chi connectivity index (χ1) is 8.89. The third kappa shape index (κ3) is 6.92. The fourth-order valence-corrected chi connectivity index (χ4v) is 2.88. The van der Waals surface area contributed by atoms with Crippen LogP contribution in [-0.2, 0) is 9.53 Å². The molecule has 19 heavy (non-hydrogen) atoms. The molecule has 1 rings (SSSR count). The molecule has 3 N–H and O–H groups in total. The van der Waals surface area contributed by atoms with Crippen LogP contribution in [0.3, 0.4) is 0 Å². The molecule has 0 aromatic rings. The Morgan fingerprint density at radius 3 is 2.63 bits per heavy atom. The van der Waals surface area contributed by atoms with Gasteiger partial charge in [-0.25, -0.2) is 0 Å². The Bertz CT molecular complexity index is 274. The second-order valence-electron chi connectivity index (χ2n) is 6.74. The summed E-state index contributed by atoms with van der Waals surface area (Å²) in [5.41, 5.74) is 5.44. The van der Waals surface area contributed by atoms with Gasteiger partial charge in [0.15, 0.2) is 0 Å². The van der Waals surface area contributed by atoms with Gasteiger partial charge in [-0.15, -0.1) is 0 Å². The Hall–Kier alpha value is -0.610. The second kappa shape index (κ2) is 7.85. The quantitative estimate of drug-likeness (QED) is 0.573. The Morgan fingerprint density at radius 1 is 1.26 bits per heavy atom. The van der Waals surface area contributed by atoms with Gasteiger partial charge in [-0.05, 0) is 37.0 Å². The number of nitrogens with two attached hydrogens (primary N) is 1. The molecule has 2 atom stereocenters. The lowest BCUT2D eigenvalue weighted by Crippen LogP contribution is -2.32. The Morgan fingerprint density at radius 2 is 2.00 bits per heavy atom. The van der Waals surface area contributed by atoms with E-state index in [0.717, 1.165) is 12.5 Å². The van der Waals surface area contributed by atoms with Crippen molar-refractivity contribution >= 4 is 5.91 Å². The summed E-state index contributed by atoms with van der Waals surface area (Å²) in [6.45, 7) is 8.44. The normalized spacial score (nSPS) is 25.0. The number of hydrogen-bond donors (Lipinski definition) is 2. The molecular weight excluding hydrogens is 240 g/mol. The smallest absolute Gasteiger partial charge is 0.243 e. The van der Waals surface area contributed by atoms with Gasteiger partial charge in [0.1, 0.15) is 6.61 Å². The molecule has 4 heteroatoms. The molecule has 1 amide bonds. The van der Waals surface area contributed by atoms with E-state index in [2.05, 4.69) is 26.1 Å². The average molecular weight is 270 g/mol. The first-order valence-electron chi connectivity index (χ1n) is 7.49. The second-order valence-corrected chi connectivity index (χ2v) is 6.74. The van der Waals surface area contributed by atoms with Gasteiger partial charge in [0.25, 0.3) is 0 Å². The van der Waals surface area contributed by atoms with Crippen molar-refractivity contribution in [3.05, 3.63) is 0 Å². The Labute approximate surface area is 117 Å². The number of rotatable bonds is 6. The van der Waals surface area contributed by atoms with E-state index in [1.54, 1.807) is 0 Å². The summed E-state index contributed by atoms with van der Waals surface area (Å²) >= 11 is 0. The number of ether oxygens (including phenoxy) is 1. The van der Waals surface area contributed by atoms with E-state index in [1.807, 2.05) is 0 Å². The standard InChI is InChI=1S/C15H30N2O2/c1-15(2,3)12-5-4-6-13(8-7-12)17-9-10-19-11-14(16)18/h12-13,17H,4-11H2,1-3H3,(H2,16,18). The van der Waals surface area contributed by atoms with Crippen molar-refractivity contribution in [3.8, 4) is 0 Å². The molecule has 0 saturated heterocycles. The zero-order chi connectivity index (χ0) is 14.3. The lowest BCUT2D eigenvalue weighted by atomic mass is 9.76. The first-order valence-corrected chi connectivity index (χ1v) is 7.49. The van der Waals surface area contributed by atoms with E-state index in [-0.39, 0.29) is 6.61 Å². The first kappa shape index (κ1) is 16.4. The minimum atomic E-state index is -0.400. The Balaban J connectivity index is 2.17. The molecule has 0 aromatic carbocycles. The van der Waals surface area contributed by atoms with Crippen molar-refractivity contribution in [2.24, 2.45) is 17.1 Å². The highest BCUT2D eigenvalue weighted by molar-refractivity contribution is 5.74. The molecule has 0 bridgehead atoms. The largest absolute Gasteiger partial charge is 0.370 e. The highest BCUT2D eigenvalue weighted by atomic mass is 16.5. The number of carbonyl (C=O) groups excluding carboxylic acids is 1. The van der Waals surface area contributed by atoms with Gasteiger partial charge >= 0.3 is 0 Å². The molecule has 1 fully saturated rings. The zero-order valence-corrected chi connectivity index (χ0v) is 12.7. The van der Waals surface area contributed by atoms with Crippen LogP contribution in [0.5, 0.6) is 0 Å². The number of carbonyl (C=O) groups is 1. The minimum absolute atomic E-state index is 0.0262. The molecule has 1 aliphatic carbocycles. The van der Waals surface area contributed by atoms with E-state index < -0.39 is 5.91 Å². The molecule has 0 heterocycles. The van der Waals surface area contributed by atoms with Gasteiger partial charge in [-0.3, -0.25) is 4.79 Å². The van der Waals surface area contributed by atoms with Gasteiger partial charge in [-0.2, -0.15) is 0 Å². The van der Waals surface area contributed by atoms with Crippen LogP contribution >= 0.6 is 0 Å². The highest BCUT2D eigenvalue weighted by Gasteiger charge is 2.27. The molecule has 112 valence electrons. The summed E-state index contributed by atoms with van der Waals surface area (Å²) < 4.78 is 5.16. The van der Waals surface area contributed by atoms with Crippen LogP contribution < -0.4 is 11.1 Å². The van der Waals surface area contributed by atoms with Crippen molar-refractivity contribution in [1.29, 1.82) is 0 Å². The number of amides is 1. The lowest BCUT2D eigenvalue weighted by molar-refractivity contribution is -0.122. The summed E-state index contributed by atoms with van der Waals surface area (Å²) in [7, 11) is 0. The maximum absolute atomic E-state index is 10.5. The van der Waals surface area contributed by atoms with Crippen molar-refractivity contribution in [3.63, 3.8) is 0 Å². The molecule has 4 nitrogen and oxygen atoms in total. The average Bonchev–Trinajstić information content (AvgIpc) is 2.53. The zero-order valence-electron chi connectivity index (χ0n) is 12.7. The fraction of sp³-hybridized carbons (Fsp3) is 0.933. The molecule has 2 unspecified atom stereocenters. The van der Waals surface area contributed by atoms with Gasteiger partial charge in [0, 0.05) is 12.6 Å². The predicted molar refractivity (Wildman–Crippen MR) is 77.8 cm³/mol. The van der Waals surface area contributed by atoms with Gasteiger partial charge in [0.05, 0.1) is 6.61 Å². The van der Waals surface area contributed by atoms with Crippen LogP contribution in [0.1, 0.15) is 52.9 Å². The maximum atomic E-state index is 10.5.